The molecular formula is C17H17FN2O5S. The Labute approximate surface area is 150 Å². The topological polar surface area (TPSA) is 93.7 Å². The summed E-state index contributed by atoms with van der Waals surface area (Å²) in [5.41, 5.74) is 0.315. The van der Waals surface area contributed by atoms with E-state index in [1.807, 2.05) is 0 Å². The molecule has 9 heteroatoms. The quantitative estimate of drug-likeness (QED) is 0.785. The molecule has 0 spiro atoms. The van der Waals surface area contributed by atoms with Gasteiger partial charge in [0.1, 0.15) is 19.0 Å². The van der Waals surface area contributed by atoms with E-state index in [2.05, 4.69) is 10.0 Å². The number of sulfonamides is 1. The number of carbonyl (C=O) groups is 1. The lowest BCUT2D eigenvalue weighted by atomic mass is 10.2. The van der Waals surface area contributed by atoms with Crippen LogP contribution in [0, 0.1) is 5.82 Å². The highest BCUT2D eigenvalue weighted by atomic mass is 32.2. The second-order valence-electron chi connectivity index (χ2n) is 5.50. The van der Waals surface area contributed by atoms with Crippen molar-refractivity contribution in [1.82, 2.24) is 10.0 Å². The molecule has 0 fully saturated rings. The minimum Gasteiger partial charge on any atom is -0.486 e. The Morgan fingerprint density at radius 1 is 1.08 bits per heavy atom. The van der Waals surface area contributed by atoms with Crippen LogP contribution in [-0.4, -0.2) is 34.1 Å². The average molecular weight is 380 g/mol. The molecule has 138 valence electrons. The molecule has 0 saturated heterocycles. The van der Waals surface area contributed by atoms with Crippen molar-refractivity contribution in [2.45, 2.75) is 11.4 Å². The van der Waals surface area contributed by atoms with Crippen LogP contribution in [0.3, 0.4) is 0 Å². The number of amides is 1. The van der Waals surface area contributed by atoms with Gasteiger partial charge < -0.3 is 14.8 Å². The number of hydrogen-bond donors (Lipinski definition) is 2. The number of hydrogen-bond acceptors (Lipinski definition) is 5. The number of benzene rings is 2. The first kappa shape index (κ1) is 18.2. The van der Waals surface area contributed by atoms with E-state index in [1.54, 1.807) is 12.1 Å². The minimum absolute atomic E-state index is 0.0305. The number of ether oxygens (including phenoxy) is 2. The van der Waals surface area contributed by atoms with Crippen LogP contribution in [0.15, 0.2) is 47.4 Å². The number of carbonyl (C=O) groups excluding carboxylic acids is 1. The Balaban J connectivity index is 1.58. The molecule has 1 aliphatic rings. The molecule has 3 rings (SSSR count). The van der Waals surface area contributed by atoms with Crippen LogP contribution in [0.2, 0.25) is 0 Å². The normalized spacial score (nSPS) is 13.3. The molecule has 0 aliphatic carbocycles. The zero-order valence-corrected chi connectivity index (χ0v) is 14.5. The number of rotatable bonds is 6. The monoisotopic (exact) mass is 380 g/mol. The first-order valence-electron chi connectivity index (χ1n) is 7.85. The van der Waals surface area contributed by atoms with Gasteiger partial charge in [-0.3, -0.25) is 4.79 Å². The molecular weight excluding hydrogens is 363 g/mol. The van der Waals surface area contributed by atoms with Crippen molar-refractivity contribution in [3.05, 3.63) is 53.8 Å². The van der Waals surface area contributed by atoms with Crippen molar-refractivity contribution in [3.8, 4) is 11.5 Å². The number of nitrogens with one attached hydrogen (secondary N) is 2. The van der Waals surface area contributed by atoms with Gasteiger partial charge in [-0.05, 0) is 18.2 Å². The van der Waals surface area contributed by atoms with E-state index >= 15 is 0 Å². The summed E-state index contributed by atoms with van der Waals surface area (Å²) >= 11 is 0. The van der Waals surface area contributed by atoms with Crippen LogP contribution >= 0.6 is 0 Å². The summed E-state index contributed by atoms with van der Waals surface area (Å²) in [5.74, 6) is -0.208. The van der Waals surface area contributed by atoms with Crippen molar-refractivity contribution in [2.24, 2.45) is 0 Å². The maximum absolute atomic E-state index is 13.5. The second-order valence-corrected chi connectivity index (χ2v) is 7.27. The van der Waals surface area contributed by atoms with Crippen LogP contribution in [0.5, 0.6) is 11.5 Å². The summed E-state index contributed by atoms with van der Waals surface area (Å²) in [5, 5.41) is 2.46. The van der Waals surface area contributed by atoms with E-state index in [9.17, 15) is 17.6 Å². The highest BCUT2D eigenvalue weighted by Crippen LogP contribution is 2.32. The third kappa shape index (κ3) is 4.30. The molecule has 1 aliphatic heterocycles. The molecule has 0 saturated carbocycles. The van der Waals surface area contributed by atoms with Crippen molar-refractivity contribution < 1.29 is 27.1 Å². The van der Waals surface area contributed by atoms with Gasteiger partial charge in [0, 0.05) is 18.2 Å². The van der Waals surface area contributed by atoms with Gasteiger partial charge in [0.2, 0.25) is 15.9 Å². The fourth-order valence-corrected chi connectivity index (χ4v) is 3.33. The fraction of sp³-hybridized carbons (Fsp3) is 0.235. The van der Waals surface area contributed by atoms with Gasteiger partial charge in [-0.1, -0.05) is 18.2 Å². The Kier molecular flexibility index (Phi) is 5.38. The van der Waals surface area contributed by atoms with Crippen molar-refractivity contribution in [1.29, 1.82) is 0 Å². The van der Waals surface area contributed by atoms with Crippen LogP contribution in [-0.2, 0) is 21.4 Å². The largest absolute Gasteiger partial charge is 0.486 e. The van der Waals surface area contributed by atoms with Gasteiger partial charge in [0.15, 0.2) is 11.5 Å². The molecule has 0 atom stereocenters. The molecule has 2 aromatic carbocycles. The van der Waals surface area contributed by atoms with Gasteiger partial charge in [-0.2, -0.15) is 0 Å². The van der Waals surface area contributed by atoms with Crippen LogP contribution in [0.25, 0.3) is 0 Å². The highest BCUT2D eigenvalue weighted by molar-refractivity contribution is 7.89. The Morgan fingerprint density at radius 3 is 2.58 bits per heavy atom. The average Bonchev–Trinajstić information content (AvgIpc) is 2.65. The molecule has 2 N–H and O–H groups in total. The van der Waals surface area contributed by atoms with Crippen LogP contribution in [0.1, 0.15) is 5.56 Å². The smallest absolute Gasteiger partial charge is 0.241 e. The maximum atomic E-state index is 13.5. The third-order valence-corrected chi connectivity index (χ3v) is 5.08. The van der Waals surface area contributed by atoms with Crippen molar-refractivity contribution >= 4 is 15.9 Å². The molecule has 7 nitrogen and oxygen atoms in total. The van der Waals surface area contributed by atoms with Gasteiger partial charge in [0.05, 0.1) is 11.4 Å². The summed E-state index contributed by atoms with van der Waals surface area (Å²) in [7, 11) is -3.90. The van der Waals surface area contributed by atoms with E-state index in [0.29, 0.717) is 30.3 Å². The molecule has 0 aromatic heterocycles. The number of fused-ring (bicyclic) bond motifs is 1. The van der Waals surface area contributed by atoms with E-state index in [4.69, 9.17) is 9.47 Å². The van der Waals surface area contributed by atoms with Crippen molar-refractivity contribution in [3.63, 3.8) is 0 Å². The SMILES string of the molecule is O=C(CNS(=O)(=O)c1ccc2c(c1)OCCO2)NCc1ccccc1F. The summed E-state index contributed by atoms with van der Waals surface area (Å²) in [6.07, 6.45) is 0. The highest BCUT2D eigenvalue weighted by Gasteiger charge is 2.20. The summed E-state index contributed by atoms with van der Waals surface area (Å²) in [6.45, 7) is 0.240. The predicted octanol–water partition coefficient (Wildman–Crippen LogP) is 1.19. The lowest BCUT2D eigenvalue weighted by Gasteiger charge is -2.18. The number of halogens is 1. The maximum Gasteiger partial charge on any atom is 0.241 e. The predicted molar refractivity (Wildman–Crippen MR) is 90.9 cm³/mol. The first-order chi connectivity index (χ1) is 12.5. The van der Waals surface area contributed by atoms with E-state index in [-0.39, 0.29) is 11.4 Å². The first-order valence-corrected chi connectivity index (χ1v) is 9.33. The Hall–Kier alpha value is -2.65. The molecule has 0 bridgehead atoms. The van der Waals surface area contributed by atoms with Gasteiger partial charge in [0.25, 0.3) is 0 Å². The lowest BCUT2D eigenvalue weighted by Crippen LogP contribution is -2.36. The molecule has 0 radical (unpaired) electrons. The zero-order chi connectivity index (χ0) is 18.6. The summed E-state index contributed by atoms with van der Waals surface area (Å²) in [4.78, 5) is 11.8. The minimum atomic E-state index is -3.90. The Morgan fingerprint density at radius 2 is 1.81 bits per heavy atom. The second kappa shape index (κ2) is 7.71. The van der Waals surface area contributed by atoms with E-state index in [0.717, 1.165) is 0 Å². The standard InChI is InChI=1S/C17H17FN2O5S/c18-14-4-2-1-3-12(14)10-19-17(21)11-20-26(22,23)13-5-6-15-16(9-13)25-8-7-24-15/h1-6,9,20H,7-8,10-11H2,(H,19,21). The van der Waals surface area contributed by atoms with Gasteiger partial charge >= 0.3 is 0 Å². The Bertz CT molecular complexity index is 917. The summed E-state index contributed by atoms with van der Waals surface area (Å²) in [6, 6.07) is 10.2. The molecule has 0 unspecified atom stereocenters. The molecule has 26 heavy (non-hydrogen) atoms. The fourth-order valence-electron chi connectivity index (χ4n) is 2.33. The summed E-state index contributed by atoms with van der Waals surface area (Å²) < 4.78 is 51.0. The van der Waals surface area contributed by atoms with Gasteiger partial charge in [-0.15, -0.1) is 0 Å². The lowest BCUT2D eigenvalue weighted by molar-refractivity contribution is -0.120. The zero-order valence-electron chi connectivity index (χ0n) is 13.7. The van der Waals surface area contributed by atoms with E-state index < -0.39 is 28.3 Å². The van der Waals surface area contributed by atoms with Crippen LogP contribution < -0.4 is 19.5 Å². The molecule has 1 amide bonds. The molecule has 1 heterocycles. The van der Waals surface area contributed by atoms with Crippen LogP contribution in [0.4, 0.5) is 4.39 Å². The van der Waals surface area contributed by atoms with Crippen molar-refractivity contribution in [2.75, 3.05) is 19.8 Å². The molecule has 2 aromatic rings. The van der Waals surface area contributed by atoms with Gasteiger partial charge in [-0.25, -0.2) is 17.5 Å². The third-order valence-electron chi connectivity index (χ3n) is 3.68. The van der Waals surface area contributed by atoms with E-state index in [1.165, 1.54) is 30.3 Å².